The molecule has 0 radical (unpaired) electrons. The van der Waals surface area contributed by atoms with Crippen molar-refractivity contribution in [3.8, 4) is 0 Å². The zero-order chi connectivity index (χ0) is 19.6. The van der Waals surface area contributed by atoms with E-state index in [2.05, 4.69) is 34.1 Å². The fourth-order valence-corrected chi connectivity index (χ4v) is 5.94. The van der Waals surface area contributed by atoms with Crippen molar-refractivity contribution in [3.63, 3.8) is 0 Å². The van der Waals surface area contributed by atoms with Crippen LogP contribution in [0.5, 0.6) is 0 Å². The van der Waals surface area contributed by atoms with E-state index in [1.165, 1.54) is 16.0 Å². The van der Waals surface area contributed by atoms with E-state index in [0.29, 0.717) is 6.04 Å². The predicted octanol–water partition coefficient (Wildman–Crippen LogP) is 3.28. The van der Waals surface area contributed by atoms with Crippen LogP contribution in [0.2, 0.25) is 0 Å². The molecule has 3 heterocycles. The molecular formula is C23H27N3O2S. The van der Waals surface area contributed by atoms with Crippen molar-refractivity contribution >= 4 is 21.6 Å². The van der Waals surface area contributed by atoms with Gasteiger partial charge in [0.05, 0.1) is 24.9 Å². The number of aryl methyl sites for hydroxylation is 3. The van der Waals surface area contributed by atoms with Crippen LogP contribution >= 0.6 is 11.3 Å². The Morgan fingerprint density at radius 1 is 1.17 bits per heavy atom. The third kappa shape index (κ3) is 3.89. The van der Waals surface area contributed by atoms with Crippen LogP contribution in [0.4, 0.5) is 0 Å². The molecule has 5 nitrogen and oxygen atoms in total. The second kappa shape index (κ2) is 8.38. The zero-order valence-corrected chi connectivity index (χ0v) is 17.5. The molecule has 29 heavy (non-hydrogen) atoms. The molecule has 0 unspecified atom stereocenters. The van der Waals surface area contributed by atoms with Crippen LogP contribution < -0.4 is 5.56 Å². The Kier molecular flexibility index (Phi) is 5.48. The lowest BCUT2D eigenvalue weighted by atomic mass is 9.92. The molecule has 0 spiro atoms. The molecule has 1 fully saturated rings. The summed E-state index contributed by atoms with van der Waals surface area (Å²) in [7, 11) is 0. The van der Waals surface area contributed by atoms with E-state index in [1.807, 2.05) is 10.6 Å². The van der Waals surface area contributed by atoms with Gasteiger partial charge in [0.25, 0.3) is 5.56 Å². The van der Waals surface area contributed by atoms with Crippen LogP contribution in [0.25, 0.3) is 10.2 Å². The van der Waals surface area contributed by atoms with Gasteiger partial charge in [-0.3, -0.25) is 14.3 Å². The Hall–Kier alpha value is -2.02. The summed E-state index contributed by atoms with van der Waals surface area (Å²) < 4.78 is 7.32. The first-order valence-corrected chi connectivity index (χ1v) is 11.5. The van der Waals surface area contributed by atoms with Crippen molar-refractivity contribution in [3.05, 3.63) is 63.0 Å². The molecule has 1 aromatic carbocycles. The second-order valence-electron chi connectivity index (χ2n) is 8.06. The Morgan fingerprint density at radius 3 is 2.83 bits per heavy atom. The van der Waals surface area contributed by atoms with E-state index in [1.54, 1.807) is 17.7 Å². The number of nitrogens with zero attached hydrogens (tertiary/aromatic N) is 3. The number of thiophene rings is 1. The lowest BCUT2D eigenvalue weighted by Gasteiger charge is -2.36. The molecule has 5 rings (SSSR count). The van der Waals surface area contributed by atoms with Crippen LogP contribution in [0.15, 0.2) is 41.5 Å². The zero-order valence-electron chi connectivity index (χ0n) is 16.7. The maximum atomic E-state index is 13.2. The topological polar surface area (TPSA) is 47.4 Å². The van der Waals surface area contributed by atoms with Gasteiger partial charge in [0.2, 0.25) is 0 Å². The SMILES string of the molecule is O=c1c2c3c(sc2ncn1CCCc1ccccc1)C[C@@H](N1CCOCC1)CC3. The van der Waals surface area contributed by atoms with Crippen molar-refractivity contribution < 1.29 is 4.74 Å². The first-order valence-electron chi connectivity index (χ1n) is 10.6. The van der Waals surface area contributed by atoms with Crippen LogP contribution in [-0.4, -0.2) is 46.8 Å². The number of morpholine rings is 1. The minimum Gasteiger partial charge on any atom is -0.379 e. The van der Waals surface area contributed by atoms with E-state index < -0.39 is 0 Å². The van der Waals surface area contributed by atoms with E-state index >= 15 is 0 Å². The monoisotopic (exact) mass is 409 g/mol. The lowest BCUT2D eigenvalue weighted by Crippen LogP contribution is -2.45. The molecule has 0 saturated carbocycles. The molecule has 6 heteroatoms. The van der Waals surface area contributed by atoms with E-state index in [9.17, 15) is 4.79 Å². The average molecular weight is 410 g/mol. The van der Waals surface area contributed by atoms with Gasteiger partial charge in [-0.2, -0.15) is 0 Å². The number of ether oxygens (including phenoxy) is 1. The van der Waals surface area contributed by atoms with E-state index in [-0.39, 0.29) is 5.56 Å². The molecule has 0 amide bonds. The summed E-state index contributed by atoms with van der Waals surface area (Å²) in [6.45, 7) is 4.45. The molecule has 3 aromatic rings. The van der Waals surface area contributed by atoms with Crippen LogP contribution in [-0.2, 0) is 30.5 Å². The summed E-state index contributed by atoms with van der Waals surface area (Å²) >= 11 is 1.73. The highest BCUT2D eigenvalue weighted by Gasteiger charge is 2.29. The third-order valence-electron chi connectivity index (χ3n) is 6.28. The maximum Gasteiger partial charge on any atom is 0.262 e. The Balaban J connectivity index is 1.34. The fourth-order valence-electron chi connectivity index (χ4n) is 4.70. The number of aromatic nitrogens is 2. The summed E-state index contributed by atoms with van der Waals surface area (Å²) in [5.74, 6) is 0. The smallest absolute Gasteiger partial charge is 0.262 e. The molecule has 152 valence electrons. The number of fused-ring (bicyclic) bond motifs is 3. The predicted molar refractivity (Wildman–Crippen MR) is 117 cm³/mol. The second-order valence-corrected chi connectivity index (χ2v) is 9.14. The first-order chi connectivity index (χ1) is 14.3. The van der Waals surface area contributed by atoms with Crippen molar-refractivity contribution in [2.75, 3.05) is 26.3 Å². The summed E-state index contributed by atoms with van der Waals surface area (Å²) in [6, 6.07) is 11.0. The largest absolute Gasteiger partial charge is 0.379 e. The summed E-state index contributed by atoms with van der Waals surface area (Å²) in [4.78, 5) is 22.7. The minimum absolute atomic E-state index is 0.144. The normalized spacial score (nSPS) is 20.1. The van der Waals surface area contributed by atoms with Gasteiger partial charge in [-0.05, 0) is 43.2 Å². The van der Waals surface area contributed by atoms with Gasteiger partial charge in [0, 0.05) is 30.6 Å². The minimum atomic E-state index is 0.144. The highest BCUT2D eigenvalue weighted by molar-refractivity contribution is 7.18. The van der Waals surface area contributed by atoms with E-state index in [4.69, 9.17) is 4.74 Å². The van der Waals surface area contributed by atoms with Crippen molar-refractivity contribution in [2.24, 2.45) is 0 Å². The van der Waals surface area contributed by atoms with Crippen LogP contribution in [0, 0.1) is 0 Å². The van der Waals surface area contributed by atoms with Gasteiger partial charge < -0.3 is 4.74 Å². The van der Waals surface area contributed by atoms with Gasteiger partial charge in [0.1, 0.15) is 4.83 Å². The molecule has 0 bridgehead atoms. The molecule has 0 N–H and O–H groups in total. The Bertz CT molecular complexity index is 1040. The quantitative estimate of drug-likeness (QED) is 0.649. The lowest BCUT2D eigenvalue weighted by molar-refractivity contribution is 0.0140. The summed E-state index contributed by atoms with van der Waals surface area (Å²) in [5.41, 5.74) is 2.73. The van der Waals surface area contributed by atoms with Crippen molar-refractivity contribution in [2.45, 2.75) is 44.7 Å². The number of hydrogen-bond donors (Lipinski definition) is 0. The summed E-state index contributed by atoms with van der Waals surface area (Å²) in [5, 5.41) is 0.882. The van der Waals surface area contributed by atoms with Gasteiger partial charge in [-0.15, -0.1) is 11.3 Å². The fraction of sp³-hybridized carbons (Fsp3) is 0.478. The van der Waals surface area contributed by atoms with Crippen LogP contribution in [0.3, 0.4) is 0 Å². The summed E-state index contributed by atoms with van der Waals surface area (Å²) in [6.07, 6.45) is 6.83. The van der Waals surface area contributed by atoms with Gasteiger partial charge in [0.15, 0.2) is 0 Å². The molecule has 2 aliphatic rings. The van der Waals surface area contributed by atoms with Crippen molar-refractivity contribution in [1.29, 1.82) is 0 Å². The molecule has 1 atom stereocenters. The Morgan fingerprint density at radius 2 is 2.00 bits per heavy atom. The van der Waals surface area contributed by atoms with Gasteiger partial charge in [-0.25, -0.2) is 4.98 Å². The standard InChI is InChI=1S/C23H27N3O2S/c27-23-21-19-9-8-18(25-11-13-28-14-12-25)15-20(19)29-22(21)24-16-26(23)10-4-7-17-5-2-1-3-6-17/h1-3,5-6,16,18H,4,7-15H2/t18-/m0/s1. The van der Waals surface area contributed by atoms with E-state index in [0.717, 1.165) is 75.2 Å². The van der Waals surface area contributed by atoms with Gasteiger partial charge in [-0.1, -0.05) is 30.3 Å². The molecule has 2 aromatic heterocycles. The Labute approximate surface area is 174 Å². The highest BCUT2D eigenvalue weighted by Crippen LogP contribution is 2.35. The van der Waals surface area contributed by atoms with Gasteiger partial charge >= 0.3 is 0 Å². The maximum absolute atomic E-state index is 13.2. The first kappa shape index (κ1) is 19.0. The third-order valence-corrected chi connectivity index (χ3v) is 7.44. The average Bonchev–Trinajstić information content (AvgIpc) is 3.15. The highest BCUT2D eigenvalue weighted by atomic mass is 32.1. The molecule has 1 aliphatic carbocycles. The molecule has 1 saturated heterocycles. The molecule has 1 aliphatic heterocycles. The number of benzene rings is 1. The number of rotatable bonds is 5. The number of hydrogen-bond acceptors (Lipinski definition) is 5. The van der Waals surface area contributed by atoms with Crippen LogP contribution in [0.1, 0.15) is 28.8 Å². The molecular weight excluding hydrogens is 382 g/mol. The van der Waals surface area contributed by atoms with Crippen molar-refractivity contribution in [1.82, 2.24) is 14.5 Å².